The van der Waals surface area contributed by atoms with Gasteiger partial charge in [-0.2, -0.15) is 5.26 Å². The Morgan fingerprint density at radius 2 is 1.83 bits per heavy atom. The molecule has 0 spiro atoms. The number of hydrogen-bond donors (Lipinski definition) is 1. The lowest BCUT2D eigenvalue weighted by molar-refractivity contribution is -0.117. The van der Waals surface area contributed by atoms with Gasteiger partial charge in [-0.05, 0) is 60.2 Å². The lowest BCUT2D eigenvalue weighted by atomic mass is 10.1. The number of furan rings is 1. The van der Waals surface area contributed by atoms with Gasteiger partial charge in [0.25, 0.3) is 5.91 Å². The quantitative estimate of drug-likeness (QED) is 0.258. The first-order valence-electron chi connectivity index (χ1n) is 8.55. The summed E-state index contributed by atoms with van der Waals surface area (Å²) in [5.74, 6) is -0.0334. The Morgan fingerprint density at radius 1 is 1.10 bits per heavy atom. The smallest absolute Gasteiger partial charge is 0.343 e. The molecule has 0 fully saturated rings. The van der Waals surface area contributed by atoms with Crippen molar-refractivity contribution in [2.24, 2.45) is 0 Å². The summed E-state index contributed by atoms with van der Waals surface area (Å²) in [5, 5.41) is 11.9. The van der Waals surface area contributed by atoms with Crippen LogP contribution in [0.1, 0.15) is 21.7 Å². The van der Waals surface area contributed by atoms with Crippen molar-refractivity contribution >= 4 is 33.9 Å². The highest BCUT2D eigenvalue weighted by molar-refractivity contribution is 9.10. The molecule has 0 aliphatic rings. The Morgan fingerprint density at radius 3 is 2.45 bits per heavy atom. The summed E-state index contributed by atoms with van der Waals surface area (Å²) in [6.45, 7) is 0.190. The lowest BCUT2D eigenvalue weighted by Gasteiger charge is -2.05. The van der Waals surface area contributed by atoms with Crippen LogP contribution in [0.15, 0.2) is 81.4 Å². The topological polar surface area (TPSA) is 92.3 Å². The second kappa shape index (κ2) is 9.53. The molecule has 7 heteroatoms. The molecule has 3 aromatic rings. The van der Waals surface area contributed by atoms with E-state index in [0.717, 1.165) is 4.47 Å². The maximum Gasteiger partial charge on any atom is 0.343 e. The minimum absolute atomic E-state index is 0.0452. The van der Waals surface area contributed by atoms with Crippen molar-refractivity contribution < 1.29 is 18.7 Å². The average molecular weight is 451 g/mol. The molecule has 0 radical (unpaired) electrons. The molecule has 0 aliphatic heterocycles. The highest BCUT2D eigenvalue weighted by Crippen LogP contribution is 2.17. The molecule has 1 N–H and O–H groups in total. The number of ether oxygens (including phenoxy) is 1. The fourth-order valence-corrected chi connectivity index (χ4v) is 2.64. The van der Waals surface area contributed by atoms with Crippen molar-refractivity contribution in [3.63, 3.8) is 0 Å². The lowest BCUT2D eigenvalue weighted by Crippen LogP contribution is -2.23. The summed E-state index contributed by atoms with van der Waals surface area (Å²) in [6, 6.07) is 18.6. The Bertz CT molecular complexity index is 1060. The molecule has 1 aromatic heterocycles. The SMILES string of the molecule is N#C/C(=C\c1ccc(OC(=O)c2ccc(Br)cc2)cc1)C(=O)NCc1ccco1. The molecule has 6 nitrogen and oxygen atoms in total. The Kier molecular flexibility index (Phi) is 6.61. The summed E-state index contributed by atoms with van der Waals surface area (Å²) in [4.78, 5) is 24.3. The van der Waals surface area contributed by atoms with Gasteiger partial charge < -0.3 is 14.5 Å². The van der Waals surface area contributed by atoms with E-state index in [9.17, 15) is 14.9 Å². The summed E-state index contributed by atoms with van der Waals surface area (Å²) >= 11 is 3.31. The van der Waals surface area contributed by atoms with Crippen LogP contribution in [0.2, 0.25) is 0 Å². The van der Waals surface area contributed by atoms with Crippen molar-refractivity contribution in [2.45, 2.75) is 6.54 Å². The zero-order chi connectivity index (χ0) is 20.6. The van der Waals surface area contributed by atoms with Crippen LogP contribution in [-0.2, 0) is 11.3 Å². The molecule has 0 atom stereocenters. The molecule has 0 aliphatic carbocycles. The number of amides is 1. The number of nitriles is 1. The van der Waals surface area contributed by atoms with Gasteiger partial charge in [-0.15, -0.1) is 0 Å². The number of hydrogen-bond acceptors (Lipinski definition) is 5. The number of esters is 1. The molecular weight excluding hydrogens is 436 g/mol. The third kappa shape index (κ3) is 5.67. The summed E-state index contributed by atoms with van der Waals surface area (Å²) in [5.41, 5.74) is 1.01. The van der Waals surface area contributed by atoms with Gasteiger partial charge in [0.1, 0.15) is 23.2 Å². The van der Waals surface area contributed by atoms with E-state index in [-0.39, 0.29) is 12.1 Å². The van der Waals surface area contributed by atoms with E-state index in [4.69, 9.17) is 9.15 Å². The maximum absolute atomic E-state index is 12.2. The van der Waals surface area contributed by atoms with E-state index in [2.05, 4.69) is 21.2 Å². The van der Waals surface area contributed by atoms with Gasteiger partial charge in [-0.3, -0.25) is 4.79 Å². The molecule has 2 aromatic carbocycles. The van der Waals surface area contributed by atoms with Gasteiger partial charge in [0, 0.05) is 4.47 Å². The van der Waals surface area contributed by atoms with Crippen LogP contribution in [0.3, 0.4) is 0 Å². The first-order chi connectivity index (χ1) is 14.0. The first kappa shape index (κ1) is 20.1. The minimum Gasteiger partial charge on any atom is -0.467 e. The summed E-state index contributed by atoms with van der Waals surface area (Å²) in [6.07, 6.45) is 2.96. The maximum atomic E-state index is 12.2. The number of carbonyl (C=O) groups excluding carboxylic acids is 2. The highest BCUT2D eigenvalue weighted by Gasteiger charge is 2.11. The van der Waals surface area contributed by atoms with Crippen LogP contribution >= 0.6 is 15.9 Å². The predicted molar refractivity (Wildman–Crippen MR) is 110 cm³/mol. The van der Waals surface area contributed by atoms with E-state index in [1.165, 1.54) is 12.3 Å². The van der Waals surface area contributed by atoms with E-state index in [0.29, 0.717) is 22.6 Å². The fourth-order valence-electron chi connectivity index (χ4n) is 2.38. The van der Waals surface area contributed by atoms with Crippen LogP contribution in [0.4, 0.5) is 0 Å². The number of rotatable bonds is 6. The number of carbonyl (C=O) groups is 2. The molecule has 29 heavy (non-hydrogen) atoms. The molecule has 144 valence electrons. The van der Waals surface area contributed by atoms with Crippen molar-refractivity contribution in [3.05, 3.63) is 93.9 Å². The Hall–Kier alpha value is -3.63. The summed E-state index contributed by atoms with van der Waals surface area (Å²) in [7, 11) is 0. The number of halogens is 1. The summed E-state index contributed by atoms with van der Waals surface area (Å²) < 4.78 is 11.3. The van der Waals surface area contributed by atoms with Crippen LogP contribution < -0.4 is 10.1 Å². The van der Waals surface area contributed by atoms with E-state index in [1.54, 1.807) is 60.7 Å². The van der Waals surface area contributed by atoms with Gasteiger partial charge in [-0.1, -0.05) is 28.1 Å². The largest absolute Gasteiger partial charge is 0.467 e. The molecule has 1 heterocycles. The normalized spacial score (nSPS) is 10.8. The molecule has 3 rings (SSSR count). The Labute approximate surface area is 175 Å². The standard InChI is InChI=1S/C22H15BrN2O4/c23-18-7-5-16(6-8-18)22(27)29-19-9-3-15(4-10-19)12-17(13-24)21(26)25-14-20-2-1-11-28-20/h1-12H,14H2,(H,25,26)/b17-12+. The molecule has 1 amide bonds. The van der Waals surface area contributed by atoms with Crippen LogP contribution in [0.5, 0.6) is 5.75 Å². The zero-order valence-electron chi connectivity index (χ0n) is 15.1. The van der Waals surface area contributed by atoms with E-state index >= 15 is 0 Å². The molecule has 0 saturated heterocycles. The van der Waals surface area contributed by atoms with Gasteiger partial charge in [-0.25, -0.2) is 4.79 Å². The number of nitrogens with one attached hydrogen (secondary N) is 1. The van der Waals surface area contributed by atoms with Crippen LogP contribution in [0, 0.1) is 11.3 Å². The van der Waals surface area contributed by atoms with Gasteiger partial charge in [0.2, 0.25) is 0 Å². The monoisotopic (exact) mass is 450 g/mol. The van der Waals surface area contributed by atoms with Crippen LogP contribution in [-0.4, -0.2) is 11.9 Å². The second-order valence-corrected chi connectivity index (χ2v) is 6.81. The fraction of sp³-hybridized carbons (Fsp3) is 0.0455. The highest BCUT2D eigenvalue weighted by atomic mass is 79.9. The van der Waals surface area contributed by atoms with Gasteiger partial charge in [0.05, 0.1) is 18.4 Å². The first-order valence-corrected chi connectivity index (χ1v) is 9.34. The molecule has 0 saturated carbocycles. The van der Waals surface area contributed by atoms with Gasteiger partial charge >= 0.3 is 5.97 Å². The third-order valence-corrected chi connectivity index (χ3v) is 4.38. The van der Waals surface area contributed by atoms with Crippen molar-refractivity contribution in [1.29, 1.82) is 5.26 Å². The zero-order valence-corrected chi connectivity index (χ0v) is 16.7. The van der Waals surface area contributed by atoms with E-state index < -0.39 is 11.9 Å². The van der Waals surface area contributed by atoms with Crippen molar-refractivity contribution in [2.75, 3.05) is 0 Å². The van der Waals surface area contributed by atoms with Crippen LogP contribution in [0.25, 0.3) is 6.08 Å². The van der Waals surface area contributed by atoms with E-state index in [1.807, 2.05) is 6.07 Å². The number of nitrogens with zero attached hydrogens (tertiary/aromatic N) is 1. The molecule has 0 bridgehead atoms. The van der Waals surface area contributed by atoms with Crippen molar-refractivity contribution in [1.82, 2.24) is 5.32 Å². The third-order valence-electron chi connectivity index (χ3n) is 3.85. The Balaban J connectivity index is 1.63. The minimum atomic E-state index is -0.505. The average Bonchev–Trinajstić information content (AvgIpc) is 3.25. The van der Waals surface area contributed by atoms with Gasteiger partial charge in [0.15, 0.2) is 0 Å². The predicted octanol–water partition coefficient (Wildman–Crippen LogP) is 4.48. The molecular formula is C22H15BrN2O4. The molecule has 0 unspecified atom stereocenters. The number of benzene rings is 2. The van der Waals surface area contributed by atoms with Crippen molar-refractivity contribution in [3.8, 4) is 11.8 Å². The second-order valence-electron chi connectivity index (χ2n) is 5.90.